The van der Waals surface area contributed by atoms with E-state index in [0.29, 0.717) is 17.3 Å². The van der Waals surface area contributed by atoms with Gasteiger partial charge in [0.2, 0.25) is 5.82 Å². The molecular weight excluding hydrogens is 364 g/mol. The van der Waals surface area contributed by atoms with Gasteiger partial charge in [-0.05, 0) is 24.3 Å². The van der Waals surface area contributed by atoms with E-state index in [4.69, 9.17) is 4.74 Å². The van der Waals surface area contributed by atoms with E-state index in [1.165, 1.54) is 4.90 Å². The zero-order valence-corrected chi connectivity index (χ0v) is 16.2. The number of methoxy groups -OCH3 is 1. The van der Waals surface area contributed by atoms with Crippen molar-refractivity contribution in [2.45, 2.75) is 0 Å². The molecule has 144 valence electrons. The van der Waals surface area contributed by atoms with Crippen LogP contribution in [-0.2, 0) is 0 Å². The molecular formula is C23H20N4O2. The first-order valence-corrected chi connectivity index (χ1v) is 9.18. The minimum Gasteiger partial charge on any atom is -0.495 e. The van der Waals surface area contributed by atoms with Crippen molar-refractivity contribution in [3.63, 3.8) is 0 Å². The molecule has 0 aliphatic heterocycles. The minimum absolute atomic E-state index is 0.112. The van der Waals surface area contributed by atoms with Gasteiger partial charge >= 0.3 is 0 Å². The SMILES string of the molecule is COc1ccccc1N(C)C(=O)c1nc(-c2ccccc2)n(-c2ccccc2)n1. The number of ether oxygens (including phenoxy) is 1. The van der Waals surface area contributed by atoms with Crippen LogP contribution in [0.5, 0.6) is 5.75 Å². The van der Waals surface area contributed by atoms with Crippen molar-refractivity contribution in [3.8, 4) is 22.8 Å². The zero-order chi connectivity index (χ0) is 20.2. The fourth-order valence-corrected chi connectivity index (χ4v) is 3.09. The highest BCUT2D eigenvalue weighted by Crippen LogP contribution is 2.28. The Labute approximate surface area is 169 Å². The molecule has 1 heterocycles. The first-order valence-electron chi connectivity index (χ1n) is 9.18. The quantitative estimate of drug-likeness (QED) is 0.517. The Bertz CT molecular complexity index is 1070. The van der Waals surface area contributed by atoms with Crippen molar-refractivity contribution in [2.24, 2.45) is 0 Å². The van der Waals surface area contributed by atoms with Gasteiger partial charge in [0, 0.05) is 12.6 Å². The monoisotopic (exact) mass is 384 g/mol. The van der Waals surface area contributed by atoms with Crippen molar-refractivity contribution in [1.29, 1.82) is 0 Å². The van der Waals surface area contributed by atoms with Crippen LogP contribution in [0.2, 0.25) is 0 Å². The molecule has 0 saturated heterocycles. The van der Waals surface area contributed by atoms with Crippen LogP contribution in [-0.4, -0.2) is 34.8 Å². The second kappa shape index (κ2) is 7.98. The Morgan fingerprint density at radius 2 is 1.52 bits per heavy atom. The maximum absolute atomic E-state index is 13.2. The van der Waals surface area contributed by atoms with Gasteiger partial charge in [-0.3, -0.25) is 4.79 Å². The van der Waals surface area contributed by atoms with Crippen LogP contribution in [0.4, 0.5) is 5.69 Å². The fraction of sp³-hybridized carbons (Fsp3) is 0.0870. The van der Waals surface area contributed by atoms with Crippen LogP contribution in [0.25, 0.3) is 17.1 Å². The second-order valence-corrected chi connectivity index (χ2v) is 6.41. The van der Waals surface area contributed by atoms with Gasteiger partial charge < -0.3 is 9.64 Å². The molecule has 0 saturated carbocycles. The molecule has 0 spiro atoms. The average molecular weight is 384 g/mol. The number of carbonyl (C=O) groups excluding carboxylic acids is 1. The molecule has 4 aromatic rings. The van der Waals surface area contributed by atoms with Crippen molar-refractivity contribution in [2.75, 3.05) is 19.1 Å². The van der Waals surface area contributed by atoms with E-state index in [0.717, 1.165) is 11.3 Å². The third-order valence-corrected chi connectivity index (χ3v) is 4.58. The molecule has 0 fully saturated rings. The van der Waals surface area contributed by atoms with Gasteiger partial charge in [0.05, 0.1) is 18.5 Å². The number of para-hydroxylation sites is 3. The number of hydrogen-bond donors (Lipinski definition) is 0. The van der Waals surface area contributed by atoms with Gasteiger partial charge in [-0.15, -0.1) is 5.10 Å². The molecule has 0 aliphatic rings. The number of anilines is 1. The van der Waals surface area contributed by atoms with E-state index in [1.54, 1.807) is 18.8 Å². The summed E-state index contributed by atoms with van der Waals surface area (Å²) >= 11 is 0. The highest BCUT2D eigenvalue weighted by atomic mass is 16.5. The van der Waals surface area contributed by atoms with Gasteiger partial charge in [0.15, 0.2) is 5.82 Å². The van der Waals surface area contributed by atoms with Gasteiger partial charge in [-0.1, -0.05) is 60.7 Å². The van der Waals surface area contributed by atoms with E-state index < -0.39 is 0 Å². The number of benzene rings is 3. The van der Waals surface area contributed by atoms with E-state index in [1.807, 2.05) is 84.9 Å². The zero-order valence-electron chi connectivity index (χ0n) is 16.2. The van der Waals surface area contributed by atoms with Crippen LogP contribution in [0, 0.1) is 0 Å². The van der Waals surface area contributed by atoms with Crippen LogP contribution >= 0.6 is 0 Å². The molecule has 0 aliphatic carbocycles. The fourth-order valence-electron chi connectivity index (χ4n) is 3.09. The smallest absolute Gasteiger partial charge is 0.297 e. The summed E-state index contributed by atoms with van der Waals surface area (Å²) in [5.74, 6) is 1.00. The summed E-state index contributed by atoms with van der Waals surface area (Å²) in [5, 5.41) is 4.53. The Kier molecular flexibility index (Phi) is 5.07. The molecule has 3 aromatic carbocycles. The van der Waals surface area contributed by atoms with Gasteiger partial charge in [0.25, 0.3) is 5.91 Å². The lowest BCUT2D eigenvalue weighted by Crippen LogP contribution is -2.27. The lowest BCUT2D eigenvalue weighted by atomic mass is 10.2. The minimum atomic E-state index is -0.318. The summed E-state index contributed by atoms with van der Waals surface area (Å²) < 4.78 is 7.07. The highest BCUT2D eigenvalue weighted by molar-refractivity contribution is 6.04. The standard InChI is InChI=1S/C23H20N4O2/c1-26(19-15-9-10-16-20(19)29-2)23(28)21-24-22(17-11-5-3-6-12-17)27(25-21)18-13-7-4-8-14-18/h3-16H,1-2H3. The molecule has 0 radical (unpaired) electrons. The summed E-state index contributed by atoms with van der Waals surface area (Å²) in [5.41, 5.74) is 2.36. The molecule has 6 heteroatoms. The van der Waals surface area contributed by atoms with Gasteiger partial charge in [-0.25, -0.2) is 9.67 Å². The second-order valence-electron chi connectivity index (χ2n) is 6.41. The molecule has 1 amide bonds. The average Bonchev–Trinajstić information content (AvgIpc) is 3.25. The van der Waals surface area contributed by atoms with E-state index in [2.05, 4.69) is 10.1 Å². The first-order chi connectivity index (χ1) is 14.2. The van der Waals surface area contributed by atoms with Crippen molar-refractivity contribution < 1.29 is 9.53 Å². The third kappa shape index (κ3) is 3.60. The summed E-state index contributed by atoms with van der Waals surface area (Å²) in [6, 6.07) is 26.7. The summed E-state index contributed by atoms with van der Waals surface area (Å²) in [4.78, 5) is 19.3. The lowest BCUT2D eigenvalue weighted by molar-refractivity contribution is 0.0982. The van der Waals surface area contributed by atoms with Crippen molar-refractivity contribution in [3.05, 3.63) is 90.8 Å². The molecule has 0 atom stereocenters. The number of hydrogen-bond acceptors (Lipinski definition) is 4. The maximum atomic E-state index is 13.2. The van der Waals surface area contributed by atoms with Gasteiger partial charge in [-0.2, -0.15) is 0 Å². The van der Waals surface area contributed by atoms with Crippen molar-refractivity contribution >= 4 is 11.6 Å². The Morgan fingerprint density at radius 3 is 2.21 bits per heavy atom. The first kappa shape index (κ1) is 18.4. The van der Waals surface area contributed by atoms with Crippen LogP contribution < -0.4 is 9.64 Å². The van der Waals surface area contributed by atoms with E-state index >= 15 is 0 Å². The molecule has 6 nitrogen and oxygen atoms in total. The van der Waals surface area contributed by atoms with Crippen LogP contribution in [0.15, 0.2) is 84.9 Å². The van der Waals surface area contributed by atoms with Crippen LogP contribution in [0.3, 0.4) is 0 Å². The number of amides is 1. The Balaban J connectivity index is 1.78. The van der Waals surface area contributed by atoms with E-state index in [9.17, 15) is 4.79 Å². The molecule has 29 heavy (non-hydrogen) atoms. The summed E-state index contributed by atoms with van der Waals surface area (Å²) in [6.07, 6.45) is 0. The molecule has 4 rings (SSSR count). The number of nitrogens with zero attached hydrogens (tertiary/aromatic N) is 4. The summed E-state index contributed by atoms with van der Waals surface area (Å²) in [7, 11) is 3.26. The largest absolute Gasteiger partial charge is 0.495 e. The number of carbonyl (C=O) groups is 1. The van der Waals surface area contributed by atoms with Gasteiger partial charge in [0.1, 0.15) is 5.75 Å². The van der Waals surface area contributed by atoms with E-state index in [-0.39, 0.29) is 11.7 Å². The molecule has 0 N–H and O–H groups in total. The predicted octanol–water partition coefficient (Wildman–Crippen LogP) is 4.22. The Hall–Kier alpha value is -3.93. The third-order valence-electron chi connectivity index (χ3n) is 4.58. The number of rotatable bonds is 5. The number of aromatic nitrogens is 3. The molecule has 0 unspecified atom stereocenters. The maximum Gasteiger partial charge on any atom is 0.297 e. The summed E-state index contributed by atoms with van der Waals surface area (Å²) in [6.45, 7) is 0. The topological polar surface area (TPSA) is 60.2 Å². The van der Waals surface area contributed by atoms with Crippen LogP contribution in [0.1, 0.15) is 10.6 Å². The predicted molar refractivity (Wildman–Crippen MR) is 113 cm³/mol. The molecule has 0 bridgehead atoms. The Morgan fingerprint density at radius 1 is 0.897 bits per heavy atom. The highest BCUT2D eigenvalue weighted by Gasteiger charge is 2.23. The molecule has 1 aromatic heterocycles. The lowest BCUT2D eigenvalue weighted by Gasteiger charge is -2.18. The normalized spacial score (nSPS) is 10.6. The van der Waals surface area contributed by atoms with Crippen molar-refractivity contribution in [1.82, 2.24) is 14.8 Å².